The second-order valence-corrected chi connectivity index (χ2v) is 9.40. The van der Waals surface area contributed by atoms with Crippen molar-refractivity contribution in [1.29, 1.82) is 0 Å². The van der Waals surface area contributed by atoms with Crippen LogP contribution in [0.2, 0.25) is 0 Å². The van der Waals surface area contributed by atoms with Gasteiger partial charge in [-0.1, -0.05) is 11.3 Å². The van der Waals surface area contributed by atoms with Crippen LogP contribution in [-0.4, -0.2) is 56.4 Å². The molecular formula is C24H27N7O3S. The first-order valence-electron chi connectivity index (χ1n) is 11.0. The molecule has 4 rings (SSSR count). The number of carbonyl (C=O) groups excluding carboxylic acids is 1. The summed E-state index contributed by atoms with van der Waals surface area (Å²) in [5, 5.41) is 28.1. The van der Waals surface area contributed by atoms with Gasteiger partial charge in [0.1, 0.15) is 5.60 Å². The minimum Gasteiger partial charge on any atom is -0.395 e. The number of aromatic nitrogens is 4. The smallest absolute Gasteiger partial charge is 0.320 e. The molecule has 10 nitrogen and oxygen atoms in total. The van der Waals surface area contributed by atoms with E-state index in [-0.39, 0.29) is 12.6 Å². The van der Waals surface area contributed by atoms with Crippen molar-refractivity contribution < 1.29 is 15.0 Å². The summed E-state index contributed by atoms with van der Waals surface area (Å²) in [7, 11) is 1.55. The fourth-order valence-corrected chi connectivity index (χ4v) is 4.40. The molecule has 0 aliphatic heterocycles. The maximum Gasteiger partial charge on any atom is 0.320 e. The SMILES string of the molecule is CNC(=O)Nc1nc2cc(-c3cnc(C(C)(C)O)nc3)cc(-c3cc(CNCCO)ccn3)c2s1. The molecule has 0 fully saturated rings. The van der Waals surface area contributed by atoms with E-state index in [1.54, 1.807) is 39.5 Å². The van der Waals surface area contributed by atoms with E-state index in [9.17, 15) is 9.90 Å². The van der Waals surface area contributed by atoms with Gasteiger partial charge in [0.25, 0.3) is 0 Å². The van der Waals surface area contributed by atoms with E-state index in [1.165, 1.54) is 11.3 Å². The van der Waals surface area contributed by atoms with Crippen LogP contribution in [0.1, 0.15) is 25.2 Å². The van der Waals surface area contributed by atoms with Crippen molar-refractivity contribution in [2.45, 2.75) is 26.0 Å². The quantitative estimate of drug-likeness (QED) is 0.236. The first-order chi connectivity index (χ1) is 16.8. The molecule has 0 saturated carbocycles. The van der Waals surface area contributed by atoms with Crippen molar-refractivity contribution in [1.82, 2.24) is 30.6 Å². The van der Waals surface area contributed by atoms with Crippen molar-refractivity contribution >= 4 is 32.7 Å². The van der Waals surface area contributed by atoms with E-state index in [2.05, 4.69) is 35.9 Å². The maximum atomic E-state index is 11.9. The topological polar surface area (TPSA) is 145 Å². The zero-order chi connectivity index (χ0) is 25.0. The van der Waals surface area contributed by atoms with Gasteiger partial charge in [-0.05, 0) is 49.2 Å². The lowest BCUT2D eigenvalue weighted by molar-refractivity contribution is 0.0687. The number of nitrogens with one attached hydrogen (secondary N) is 3. The largest absolute Gasteiger partial charge is 0.395 e. The number of rotatable bonds is 8. The number of aliphatic hydroxyl groups excluding tert-OH is 1. The summed E-state index contributed by atoms with van der Waals surface area (Å²) < 4.78 is 0.877. The highest BCUT2D eigenvalue weighted by molar-refractivity contribution is 7.22. The lowest BCUT2D eigenvalue weighted by Crippen LogP contribution is -2.24. The van der Waals surface area contributed by atoms with Crippen LogP contribution in [0, 0.1) is 0 Å². The second-order valence-electron chi connectivity index (χ2n) is 8.40. The predicted octanol–water partition coefficient (Wildman–Crippen LogP) is 2.88. The van der Waals surface area contributed by atoms with Gasteiger partial charge in [-0.3, -0.25) is 10.3 Å². The molecule has 35 heavy (non-hydrogen) atoms. The normalized spacial score (nSPS) is 11.6. The zero-order valence-electron chi connectivity index (χ0n) is 19.7. The number of pyridine rings is 1. The van der Waals surface area contributed by atoms with Crippen LogP contribution in [0.4, 0.5) is 9.93 Å². The Hall–Kier alpha value is -3.51. The predicted molar refractivity (Wildman–Crippen MR) is 136 cm³/mol. The third-order valence-corrected chi connectivity index (χ3v) is 6.21. The molecule has 3 heterocycles. The number of amides is 2. The molecule has 1 aromatic carbocycles. The van der Waals surface area contributed by atoms with E-state index in [0.717, 1.165) is 32.6 Å². The highest BCUT2D eigenvalue weighted by Crippen LogP contribution is 2.38. The monoisotopic (exact) mass is 493 g/mol. The Bertz CT molecular complexity index is 1330. The van der Waals surface area contributed by atoms with Gasteiger partial charge in [0.2, 0.25) is 0 Å². The number of hydrogen-bond acceptors (Lipinski definition) is 9. The van der Waals surface area contributed by atoms with Gasteiger partial charge in [-0.25, -0.2) is 19.7 Å². The number of thiazole rings is 1. The molecule has 0 aliphatic carbocycles. The summed E-state index contributed by atoms with van der Waals surface area (Å²) in [5.41, 5.74) is 3.78. The fraction of sp³-hybridized carbons (Fsp3) is 0.292. The number of anilines is 1. The molecule has 11 heteroatoms. The highest BCUT2D eigenvalue weighted by atomic mass is 32.1. The molecule has 182 valence electrons. The average molecular weight is 494 g/mol. The van der Waals surface area contributed by atoms with Crippen LogP contribution in [-0.2, 0) is 12.1 Å². The Morgan fingerprint density at radius 3 is 2.57 bits per heavy atom. The molecule has 0 unspecified atom stereocenters. The fourth-order valence-electron chi connectivity index (χ4n) is 3.44. The highest BCUT2D eigenvalue weighted by Gasteiger charge is 2.20. The summed E-state index contributed by atoms with van der Waals surface area (Å²) in [4.78, 5) is 29.7. The number of aliphatic hydroxyl groups is 2. The number of hydrogen-bond donors (Lipinski definition) is 5. The standard InChI is InChI=1S/C24H27N7O3S/c1-24(2,34)21-28-12-16(13-29-21)15-9-17(18-8-14(4-5-27-18)11-26-6-7-32)20-19(10-15)30-23(35-20)31-22(33)25-3/h4-5,8-10,12-13,26,32,34H,6-7,11H2,1-3H3,(H2,25,30,31,33). The van der Waals surface area contributed by atoms with Gasteiger partial charge >= 0.3 is 6.03 Å². The summed E-state index contributed by atoms with van der Waals surface area (Å²) >= 11 is 1.36. The molecule has 0 aliphatic rings. The second kappa shape index (κ2) is 10.4. The van der Waals surface area contributed by atoms with E-state index in [0.29, 0.717) is 29.6 Å². The number of fused-ring (bicyclic) bond motifs is 1. The third-order valence-electron chi connectivity index (χ3n) is 5.19. The van der Waals surface area contributed by atoms with E-state index >= 15 is 0 Å². The van der Waals surface area contributed by atoms with Crippen LogP contribution in [0.5, 0.6) is 0 Å². The summed E-state index contributed by atoms with van der Waals surface area (Å²) in [6.07, 6.45) is 5.09. The molecular weight excluding hydrogens is 466 g/mol. The summed E-state index contributed by atoms with van der Waals surface area (Å²) in [5.74, 6) is 0.332. The van der Waals surface area contributed by atoms with Gasteiger partial charge < -0.3 is 20.8 Å². The molecule has 2 amide bonds. The van der Waals surface area contributed by atoms with E-state index in [1.807, 2.05) is 24.3 Å². The lowest BCUT2D eigenvalue weighted by Gasteiger charge is -2.15. The molecule has 3 aromatic heterocycles. The van der Waals surface area contributed by atoms with Gasteiger partial charge in [0.05, 0.1) is 22.5 Å². The van der Waals surface area contributed by atoms with Crippen LogP contribution in [0.3, 0.4) is 0 Å². The van der Waals surface area contributed by atoms with Crippen LogP contribution >= 0.6 is 11.3 Å². The van der Waals surface area contributed by atoms with Crippen molar-refractivity contribution in [3.8, 4) is 22.4 Å². The van der Waals surface area contributed by atoms with Gasteiger partial charge in [0.15, 0.2) is 11.0 Å². The zero-order valence-corrected chi connectivity index (χ0v) is 20.5. The number of benzene rings is 1. The Morgan fingerprint density at radius 1 is 1.11 bits per heavy atom. The number of carbonyl (C=O) groups is 1. The Balaban J connectivity index is 1.81. The maximum absolute atomic E-state index is 11.9. The minimum absolute atomic E-state index is 0.0664. The lowest BCUT2D eigenvalue weighted by atomic mass is 10.0. The molecule has 0 atom stereocenters. The Morgan fingerprint density at radius 2 is 1.89 bits per heavy atom. The summed E-state index contributed by atoms with van der Waals surface area (Å²) in [6.45, 7) is 4.43. The Labute approximate surface area is 206 Å². The first kappa shape index (κ1) is 24.6. The molecule has 0 bridgehead atoms. The first-order valence-corrected chi connectivity index (χ1v) is 11.9. The molecule has 5 N–H and O–H groups in total. The van der Waals surface area contributed by atoms with Crippen LogP contribution in [0.25, 0.3) is 32.6 Å². The van der Waals surface area contributed by atoms with Crippen molar-refractivity contribution in [3.63, 3.8) is 0 Å². The van der Waals surface area contributed by atoms with Gasteiger partial charge in [0, 0.05) is 49.9 Å². The van der Waals surface area contributed by atoms with Gasteiger partial charge in [-0.15, -0.1) is 0 Å². The summed E-state index contributed by atoms with van der Waals surface area (Å²) in [6, 6.07) is 7.47. The average Bonchev–Trinajstić information content (AvgIpc) is 3.25. The van der Waals surface area contributed by atoms with Crippen molar-refractivity contribution in [2.24, 2.45) is 0 Å². The third kappa shape index (κ3) is 5.77. The van der Waals surface area contributed by atoms with Gasteiger partial charge in [-0.2, -0.15) is 0 Å². The van der Waals surface area contributed by atoms with Crippen molar-refractivity contribution in [3.05, 3.63) is 54.2 Å². The molecule has 0 saturated heterocycles. The molecule has 4 aromatic rings. The Kier molecular flexibility index (Phi) is 7.31. The number of nitrogens with zero attached hydrogens (tertiary/aromatic N) is 4. The van der Waals surface area contributed by atoms with E-state index in [4.69, 9.17) is 5.11 Å². The van der Waals surface area contributed by atoms with Crippen LogP contribution < -0.4 is 16.0 Å². The minimum atomic E-state index is -1.14. The molecule has 0 radical (unpaired) electrons. The van der Waals surface area contributed by atoms with Crippen molar-refractivity contribution in [2.75, 3.05) is 25.5 Å². The van der Waals surface area contributed by atoms with E-state index < -0.39 is 5.60 Å². The van der Waals surface area contributed by atoms with Crippen LogP contribution in [0.15, 0.2) is 42.9 Å². The number of urea groups is 1. The molecule has 0 spiro atoms.